The van der Waals surface area contributed by atoms with E-state index < -0.39 is 0 Å². The third-order valence-electron chi connectivity index (χ3n) is 4.00. The van der Waals surface area contributed by atoms with Gasteiger partial charge in [0.05, 0.1) is 7.11 Å². The van der Waals surface area contributed by atoms with Crippen LogP contribution in [-0.4, -0.2) is 36.2 Å². The number of phenols is 1. The van der Waals surface area contributed by atoms with Crippen molar-refractivity contribution in [2.75, 3.05) is 20.2 Å². The van der Waals surface area contributed by atoms with Crippen LogP contribution in [0.3, 0.4) is 0 Å². The predicted molar refractivity (Wildman–Crippen MR) is 83.6 cm³/mol. The van der Waals surface area contributed by atoms with Crippen LogP contribution in [-0.2, 0) is 6.54 Å². The molecule has 0 saturated carbocycles. The molecule has 114 valence electrons. The molecule has 3 N–H and O–H groups in total. The molecule has 2 unspecified atom stereocenters. The maximum absolute atomic E-state index is 9.82. The summed E-state index contributed by atoms with van der Waals surface area (Å²) < 4.78 is 5.06. The Bertz CT molecular complexity index is 428. The minimum Gasteiger partial charge on any atom is -0.504 e. The van der Waals surface area contributed by atoms with Crippen molar-refractivity contribution in [1.29, 1.82) is 0 Å². The Morgan fingerprint density at radius 2 is 2.20 bits per heavy atom. The van der Waals surface area contributed by atoms with E-state index in [1.807, 2.05) is 12.1 Å². The summed E-state index contributed by atoms with van der Waals surface area (Å²) in [5.41, 5.74) is 6.98. The lowest BCUT2D eigenvalue weighted by atomic mass is 9.92. The number of rotatable bonds is 4. The summed E-state index contributed by atoms with van der Waals surface area (Å²) in [5, 5.41) is 9.82. The molecule has 20 heavy (non-hydrogen) atoms. The highest BCUT2D eigenvalue weighted by Crippen LogP contribution is 2.28. The molecular formula is C15H25ClN2O2. The SMILES string of the molecule is COc1ccc(CN2CCC(C)CC2CN)cc1O.Cl. The van der Waals surface area contributed by atoms with Gasteiger partial charge in [0.2, 0.25) is 0 Å². The number of phenolic OH excluding ortho intramolecular Hbond substituents is 1. The number of ether oxygens (including phenoxy) is 1. The number of piperidine rings is 1. The number of aromatic hydroxyl groups is 1. The molecule has 0 bridgehead atoms. The van der Waals surface area contributed by atoms with E-state index in [9.17, 15) is 5.11 Å². The standard InChI is InChI=1S/C15H24N2O2.ClH/c1-11-5-6-17(13(7-11)9-16)10-12-3-4-15(19-2)14(18)8-12;/h3-4,8,11,13,18H,5-7,9-10,16H2,1-2H3;1H. The smallest absolute Gasteiger partial charge is 0.160 e. The maximum atomic E-state index is 9.82. The average Bonchev–Trinajstić information content (AvgIpc) is 2.41. The van der Waals surface area contributed by atoms with Crippen molar-refractivity contribution >= 4 is 12.4 Å². The van der Waals surface area contributed by atoms with E-state index >= 15 is 0 Å². The van der Waals surface area contributed by atoms with Crippen molar-refractivity contribution < 1.29 is 9.84 Å². The molecule has 0 amide bonds. The predicted octanol–water partition coefficient (Wildman–Crippen LogP) is 2.38. The zero-order valence-corrected chi connectivity index (χ0v) is 13.0. The zero-order chi connectivity index (χ0) is 13.8. The van der Waals surface area contributed by atoms with Gasteiger partial charge < -0.3 is 15.6 Å². The van der Waals surface area contributed by atoms with Gasteiger partial charge in [-0.25, -0.2) is 0 Å². The number of nitrogens with two attached hydrogens (primary N) is 1. The number of hydrogen-bond acceptors (Lipinski definition) is 4. The molecule has 0 radical (unpaired) electrons. The topological polar surface area (TPSA) is 58.7 Å². The number of hydrogen-bond donors (Lipinski definition) is 2. The van der Waals surface area contributed by atoms with Crippen molar-refractivity contribution in [2.24, 2.45) is 11.7 Å². The van der Waals surface area contributed by atoms with Crippen LogP contribution >= 0.6 is 12.4 Å². The van der Waals surface area contributed by atoms with E-state index in [2.05, 4.69) is 11.8 Å². The first kappa shape index (κ1) is 17.1. The Labute approximate surface area is 127 Å². The third kappa shape index (κ3) is 4.01. The summed E-state index contributed by atoms with van der Waals surface area (Å²) in [7, 11) is 1.56. The first-order valence-corrected chi connectivity index (χ1v) is 6.94. The molecule has 1 aliphatic heterocycles. The monoisotopic (exact) mass is 300 g/mol. The van der Waals surface area contributed by atoms with E-state index in [0.717, 1.165) is 24.6 Å². The summed E-state index contributed by atoms with van der Waals surface area (Å²) in [6.07, 6.45) is 2.39. The van der Waals surface area contributed by atoms with Crippen LogP contribution in [0.1, 0.15) is 25.3 Å². The van der Waals surface area contributed by atoms with Crippen molar-refractivity contribution in [3.05, 3.63) is 23.8 Å². The highest BCUT2D eigenvalue weighted by Gasteiger charge is 2.25. The molecule has 1 aromatic rings. The van der Waals surface area contributed by atoms with Crippen molar-refractivity contribution in [3.63, 3.8) is 0 Å². The van der Waals surface area contributed by atoms with Crippen molar-refractivity contribution in [3.8, 4) is 11.5 Å². The van der Waals surface area contributed by atoms with Crippen LogP contribution in [0.4, 0.5) is 0 Å². The van der Waals surface area contributed by atoms with Gasteiger partial charge in [0.25, 0.3) is 0 Å². The summed E-state index contributed by atoms with van der Waals surface area (Å²) in [6.45, 7) is 4.91. The molecule has 1 saturated heterocycles. The van der Waals surface area contributed by atoms with Crippen LogP contribution in [0.25, 0.3) is 0 Å². The van der Waals surface area contributed by atoms with E-state index in [4.69, 9.17) is 10.5 Å². The van der Waals surface area contributed by atoms with Gasteiger partial charge in [-0.1, -0.05) is 13.0 Å². The summed E-state index contributed by atoms with van der Waals surface area (Å²) in [6, 6.07) is 6.05. The molecule has 0 aliphatic carbocycles. The minimum absolute atomic E-state index is 0. The first-order chi connectivity index (χ1) is 9.13. The minimum atomic E-state index is 0. The van der Waals surface area contributed by atoms with Gasteiger partial charge in [0.15, 0.2) is 11.5 Å². The Morgan fingerprint density at radius 1 is 1.45 bits per heavy atom. The number of halogens is 1. The lowest BCUT2D eigenvalue weighted by Crippen LogP contribution is -2.45. The summed E-state index contributed by atoms with van der Waals surface area (Å²) in [4.78, 5) is 2.42. The largest absolute Gasteiger partial charge is 0.504 e. The average molecular weight is 301 g/mol. The van der Waals surface area contributed by atoms with Gasteiger partial charge in [-0.3, -0.25) is 4.90 Å². The van der Waals surface area contributed by atoms with Crippen LogP contribution in [0.5, 0.6) is 11.5 Å². The second kappa shape index (κ2) is 7.72. The van der Waals surface area contributed by atoms with Gasteiger partial charge in [0.1, 0.15) is 0 Å². The van der Waals surface area contributed by atoms with Gasteiger partial charge in [-0.05, 0) is 43.0 Å². The van der Waals surface area contributed by atoms with Crippen molar-refractivity contribution in [2.45, 2.75) is 32.4 Å². The summed E-state index contributed by atoms with van der Waals surface area (Å²) in [5.74, 6) is 1.48. The van der Waals surface area contributed by atoms with Gasteiger partial charge in [-0.15, -0.1) is 12.4 Å². The molecule has 1 aromatic carbocycles. The molecular weight excluding hydrogens is 276 g/mol. The fourth-order valence-corrected chi connectivity index (χ4v) is 2.82. The fraction of sp³-hybridized carbons (Fsp3) is 0.600. The van der Waals surface area contributed by atoms with Gasteiger partial charge in [-0.2, -0.15) is 0 Å². The zero-order valence-electron chi connectivity index (χ0n) is 12.2. The lowest BCUT2D eigenvalue weighted by molar-refractivity contribution is 0.115. The Morgan fingerprint density at radius 3 is 2.80 bits per heavy atom. The number of benzene rings is 1. The molecule has 0 aromatic heterocycles. The Hall–Kier alpha value is -0.970. The number of nitrogens with zero attached hydrogens (tertiary/aromatic N) is 1. The van der Waals surface area contributed by atoms with E-state index in [-0.39, 0.29) is 18.2 Å². The van der Waals surface area contributed by atoms with E-state index in [1.54, 1.807) is 13.2 Å². The highest BCUT2D eigenvalue weighted by atomic mass is 35.5. The Balaban J connectivity index is 0.00000200. The van der Waals surface area contributed by atoms with Gasteiger partial charge >= 0.3 is 0 Å². The van der Waals surface area contributed by atoms with E-state index in [0.29, 0.717) is 18.3 Å². The van der Waals surface area contributed by atoms with Crippen LogP contribution in [0.15, 0.2) is 18.2 Å². The number of methoxy groups -OCH3 is 1. The number of likely N-dealkylation sites (tertiary alicyclic amines) is 1. The molecule has 2 rings (SSSR count). The second-order valence-corrected chi connectivity index (χ2v) is 5.50. The molecule has 1 heterocycles. The van der Waals surface area contributed by atoms with Crippen molar-refractivity contribution in [1.82, 2.24) is 4.90 Å². The highest BCUT2D eigenvalue weighted by molar-refractivity contribution is 5.85. The molecule has 1 fully saturated rings. The van der Waals surface area contributed by atoms with Crippen LogP contribution in [0.2, 0.25) is 0 Å². The third-order valence-corrected chi connectivity index (χ3v) is 4.00. The fourth-order valence-electron chi connectivity index (χ4n) is 2.82. The molecule has 2 atom stereocenters. The normalized spacial score (nSPS) is 23.1. The van der Waals surface area contributed by atoms with Crippen LogP contribution < -0.4 is 10.5 Å². The quantitative estimate of drug-likeness (QED) is 0.896. The van der Waals surface area contributed by atoms with Crippen LogP contribution in [0, 0.1) is 5.92 Å². The maximum Gasteiger partial charge on any atom is 0.160 e. The molecule has 5 heteroatoms. The summed E-state index contributed by atoms with van der Waals surface area (Å²) >= 11 is 0. The molecule has 0 spiro atoms. The molecule has 1 aliphatic rings. The second-order valence-electron chi connectivity index (χ2n) is 5.50. The molecule has 4 nitrogen and oxygen atoms in total. The lowest BCUT2D eigenvalue weighted by Gasteiger charge is -2.38. The van der Waals surface area contributed by atoms with E-state index in [1.165, 1.54) is 12.8 Å². The first-order valence-electron chi connectivity index (χ1n) is 6.94. The van der Waals surface area contributed by atoms with Gasteiger partial charge in [0, 0.05) is 19.1 Å². The Kier molecular flexibility index (Phi) is 6.59.